The van der Waals surface area contributed by atoms with E-state index in [4.69, 9.17) is 0 Å². The molecule has 0 aromatic carbocycles. The van der Waals surface area contributed by atoms with Gasteiger partial charge in [-0.3, -0.25) is 9.59 Å². The first-order valence-electron chi connectivity index (χ1n) is 7.52. The highest BCUT2D eigenvalue weighted by atomic mass is 16.4. The lowest BCUT2D eigenvalue weighted by molar-refractivity contribution is -0.154. The zero-order chi connectivity index (χ0) is 15.4. The third-order valence-electron chi connectivity index (χ3n) is 4.76. The average Bonchev–Trinajstić information content (AvgIpc) is 2.36. The van der Waals surface area contributed by atoms with E-state index in [1.165, 1.54) is 0 Å². The van der Waals surface area contributed by atoms with Crippen LogP contribution in [-0.2, 0) is 9.59 Å². The maximum atomic E-state index is 12.1. The monoisotopic (exact) mass is 284 g/mol. The number of carboxylic acids is 1. The Morgan fingerprint density at radius 3 is 2.60 bits per heavy atom. The molecule has 0 saturated carbocycles. The van der Waals surface area contributed by atoms with Crippen molar-refractivity contribution in [1.29, 1.82) is 0 Å². The van der Waals surface area contributed by atoms with Gasteiger partial charge in [-0.15, -0.1) is 0 Å². The molecule has 1 rings (SSSR count). The average molecular weight is 284 g/mol. The van der Waals surface area contributed by atoms with Gasteiger partial charge in [0.2, 0.25) is 5.91 Å². The van der Waals surface area contributed by atoms with Gasteiger partial charge in [0.15, 0.2) is 0 Å². The number of rotatable bonds is 6. The Morgan fingerprint density at radius 1 is 1.50 bits per heavy atom. The minimum atomic E-state index is -0.794. The van der Waals surface area contributed by atoms with Crippen molar-refractivity contribution >= 4 is 11.9 Å². The van der Waals surface area contributed by atoms with Crippen LogP contribution in [0.2, 0.25) is 0 Å². The van der Waals surface area contributed by atoms with E-state index in [-0.39, 0.29) is 17.9 Å². The fourth-order valence-corrected chi connectivity index (χ4v) is 2.99. The molecule has 4 atom stereocenters. The highest BCUT2D eigenvalue weighted by Crippen LogP contribution is 2.29. The number of likely N-dealkylation sites (N-methyl/N-ethyl adjacent to an activating group) is 1. The predicted octanol–water partition coefficient (Wildman–Crippen LogP) is 1.67. The zero-order valence-corrected chi connectivity index (χ0v) is 13.3. The predicted molar refractivity (Wildman–Crippen MR) is 78.5 cm³/mol. The van der Waals surface area contributed by atoms with E-state index in [0.29, 0.717) is 19.0 Å². The second-order valence-electron chi connectivity index (χ2n) is 6.11. The SMILES string of the molecule is CCC(C)N(C)CCN1C(=O)CC(C)C(C(=O)O)C1C. The molecule has 5 nitrogen and oxygen atoms in total. The van der Waals surface area contributed by atoms with Crippen LogP contribution in [0, 0.1) is 11.8 Å². The number of carboxylic acid groups (broad SMARTS) is 1. The molecule has 0 radical (unpaired) electrons. The minimum Gasteiger partial charge on any atom is -0.481 e. The number of carbonyl (C=O) groups is 2. The summed E-state index contributed by atoms with van der Waals surface area (Å²) in [5, 5.41) is 9.34. The van der Waals surface area contributed by atoms with E-state index in [1.54, 1.807) is 4.90 Å². The highest BCUT2D eigenvalue weighted by molar-refractivity contribution is 5.81. The normalized spacial score (nSPS) is 28.8. The van der Waals surface area contributed by atoms with Crippen LogP contribution < -0.4 is 0 Å². The van der Waals surface area contributed by atoms with Crippen LogP contribution in [0.25, 0.3) is 0 Å². The molecule has 1 heterocycles. The lowest BCUT2D eigenvalue weighted by Crippen LogP contribution is -2.54. The maximum absolute atomic E-state index is 12.1. The molecular formula is C15H28N2O3. The number of aliphatic carboxylic acids is 1. The van der Waals surface area contributed by atoms with E-state index in [2.05, 4.69) is 18.7 Å². The third-order valence-corrected chi connectivity index (χ3v) is 4.76. The van der Waals surface area contributed by atoms with Gasteiger partial charge in [-0.25, -0.2) is 0 Å². The fourth-order valence-electron chi connectivity index (χ4n) is 2.99. The van der Waals surface area contributed by atoms with Crippen LogP contribution in [0.1, 0.15) is 40.5 Å². The molecule has 1 amide bonds. The quantitative estimate of drug-likeness (QED) is 0.806. The first-order chi connectivity index (χ1) is 9.29. The molecule has 0 aliphatic carbocycles. The summed E-state index contributed by atoms with van der Waals surface area (Å²) in [5.74, 6) is -1.25. The van der Waals surface area contributed by atoms with Crippen molar-refractivity contribution in [3.8, 4) is 0 Å². The summed E-state index contributed by atoms with van der Waals surface area (Å²) in [6.45, 7) is 9.40. The molecular weight excluding hydrogens is 256 g/mol. The molecule has 1 fully saturated rings. The van der Waals surface area contributed by atoms with Crippen molar-refractivity contribution in [1.82, 2.24) is 9.80 Å². The van der Waals surface area contributed by atoms with Gasteiger partial charge in [-0.2, -0.15) is 0 Å². The molecule has 1 N–H and O–H groups in total. The van der Waals surface area contributed by atoms with E-state index in [0.717, 1.165) is 13.0 Å². The van der Waals surface area contributed by atoms with Crippen molar-refractivity contribution in [3.63, 3.8) is 0 Å². The lowest BCUT2D eigenvalue weighted by atomic mass is 9.81. The smallest absolute Gasteiger partial charge is 0.308 e. The number of amides is 1. The summed E-state index contributed by atoms with van der Waals surface area (Å²) < 4.78 is 0. The number of piperidine rings is 1. The second kappa shape index (κ2) is 7.07. The Kier molecular flexibility index (Phi) is 5.99. The first-order valence-corrected chi connectivity index (χ1v) is 7.52. The Morgan fingerprint density at radius 2 is 2.10 bits per heavy atom. The number of likely N-dealkylation sites (tertiary alicyclic amines) is 1. The molecule has 116 valence electrons. The molecule has 20 heavy (non-hydrogen) atoms. The Bertz CT molecular complexity index is 359. The molecule has 0 bridgehead atoms. The number of nitrogens with zero attached hydrogens (tertiary/aromatic N) is 2. The van der Waals surface area contributed by atoms with Gasteiger partial charge in [-0.1, -0.05) is 13.8 Å². The number of hydrogen-bond acceptors (Lipinski definition) is 3. The third kappa shape index (κ3) is 3.72. The number of hydrogen-bond donors (Lipinski definition) is 1. The highest BCUT2D eigenvalue weighted by Gasteiger charge is 2.41. The van der Waals surface area contributed by atoms with Crippen molar-refractivity contribution in [2.24, 2.45) is 11.8 Å². The standard InChI is InChI=1S/C15H28N2O3/c1-6-11(3)16(5)7-8-17-12(4)14(15(19)20)10(2)9-13(17)18/h10-12,14H,6-9H2,1-5H3,(H,19,20). The summed E-state index contributed by atoms with van der Waals surface area (Å²) >= 11 is 0. The second-order valence-corrected chi connectivity index (χ2v) is 6.11. The van der Waals surface area contributed by atoms with Crippen LogP contribution in [0.5, 0.6) is 0 Å². The van der Waals surface area contributed by atoms with Gasteiger partial charge < -0.3 is 14.9 Å². The summed E-state index contributed by atoms with van der Waals surface area (Å²) in [5.41, 5.74) is 0. The Labute approximate surface area is 121 Å². The van der Waals surface area contributed by atoms with Gasteiger partial charge in [0.25, 0.3) is 0 Å². The lowest BCUT2D eigenvalue weighted by Gasteiger charge is -2.41. The largest absolute Gasteiger partial charge is 0.481 e. The van der Waals surface area contributed by atoms with Crippen LogP contribution in [0.4, 0.5) is 0 Å². The molecule has 1 saturated heterocycles. The van der Waals surface area contributed by atoms with Crippen molar-refractivity contribution in [3.05, 3.63) is 0 Å². The van der Waals surface area contributed by atoms with Crippen molar-refractivity contribution in [2.75, 3.05) is 20.1 Å². The molecule has 0 aromatic rings. The van der Waals surface area contributed by atoms with E-state index >= 15 is 0 Å². The van der Waals surface area contributed by atoms with E-state index in [1.807, 2.05) is 20.9 Å². The van der Waals surface area contributed by atoms with Crippen LogP contribution >= 0.6 is 0 Å². The van der Waals surface area contributed by atoms with Gasteiger partial charge in [0.05, 0.1) is 5.92 Å². The van der Waals surface area contributed by atoms with Gasteiger partial charge in [0.1, 0.15) is 0 Å². The van der Waals surface area contributed by atoms with Gasteiger partial charge in [-0.05, 0) is 33.2 Å². The molecule has 4 unspecified atom stereocenters. The maximum Gasteiger partial charge on any atom is 0.308 e. The Hall–Kier alpha value is -1.10. The van der Waals surface area contributed by atoms with Crippen molar-refractivity contribution < 1.29 is 14.7 Å². The van der Waals surface area contributed by atoms with Crippen LogP contribution in [-0.4, -0.2) is 59.0 Å². The summed E-state index contributed by atoms with van der Waals surface area (Å²) in [6, 6.07) is 0.244. The first kappa shape index (κ1) is 17.0. The molecule has 0 aromatic heterocycles. The van der Waals surface area contributed by atoms with E-state index in [9.17, 15) is 14.7 Å². The van der Waals surface area contributed by atoms with Crippen LogP contribution in [0.3, 0.4) is 0 Å². The van der Waals surface area contributed by atoms with Gasteiger partial charge in [0, 0.05) is 31.6 Å². The number of carbonyl (C=O) groups excluding carboxylic acids is 1. The summed E-state index contributed by atoms with van der Waals surface area (Å²) in [4.78, 5) is 27.5. The fraction of sp³-hybridized carbons (Fsp3) is 0.867. The Balaban J connectivity index is 2.68. The minimum absolute atomic E-state index is 0.0834. The van der Waals surface area contributed by atoms with Gasteiger partial charge >= 0.3 is 5.97 Å². The van der Waals surface area contributed by atoms with E-state index < -0.39 is 11.9 Å². The molecule has 5 heteroatoms. The molecule has 0 spiro atoms. The molecule has 1 aliphatic heterocycles. The topological polar surface area (TPSA) is 60.9 Å². The van der Waals surface area contributed by atoms with Crippen LogP contribution in [0.15, 0.2) is 0 Å². The molecule has 1 aliphatic rings. The van der Waals surface area contributed by atoms with Crippen molar-refractivity contribution in [2.45, 2.75) is 52.6 Å². The zero-order valence-electron chi connectivity index (χ0n) is 13.3. The summed E-state index contributed by atoms with van der Waals surface area (Å²) in [7, 11) is 2.05. The summed E-state index contributed by atoms with van der Waals surface area (Å²) in [6.07, 6.45) is 1.41.